The van der Waals surface area contributed by atoms with Crippen LogP contribution in [0.4, 0.5) is 0 Å². The first-order chi connectivity index (χ1) is 14.6. The van der Waals surface area contributed by atoms with Crippen LogP contribution >= 0.6 is 11.3 Å². The number of nitrogens with zero attached hydrogens (tertiary/aromatic N) is 2. The Hall–Kier alpha value is -3.44. The summed E-state index contributed by atoms with van der Waals surface area (Å²) in [6.45, 7) is 2.05. The molecule has 5 heteroatoms. The Morgan fingerprint density at radius 3 is 2.27 bits per heavy atom. The molecule has 0 saturated heterocycles. The smallest absolute Gasteiger partial charge is 0.280 e. The van der Waals surface area contributed by atoms with Crippen molar-refractivity contribution in [1.29, 1.82) is 0 Å². The van der Waals surface area contributed by atoms with Gasteiger partial charge in [-0.25, -0.2) is 0 Å². The number of amides is 1. The molecule has 1 heterocycles. The van der Waals surface area contributed by atoms with Crippen molar-refractivity contribution in [2.75, 3.05) is 7.11 Å². The summed E-state index contributed by atoms with van der Waals surface area (Å²) in [5, 5.41) is 0. The van der Waals surface area contributed by atoms with Gasteiger partial charge in [-0.1, -0.05) is 48.5 Å². The molecule has 0 saturated carbocycles. The number of ether oxygens (including phenoxy) is 1. The second kappa shape index (κ2) is 8.51. The lowest BCUT2D eigenvalue weighted by Crippen LogP contribution is -2.14. The average Bonchev–Trinajstić information content (AvgIpc) is 3.07. The molecule has 0 radical (unpaired) electrons. The highest BCUT2D eigenvalue weighted by atomic mass is 32.1. The molecule has 1 aromatic heterocycles. The minimum atomic E-state index is -0.243. The summed E-state index contributed by atoms with van der Waals surface area (Å²) in [5.74, 6) is 0.569. The largest absolute Gasteiger partial charge is 0.497 e. The maximum Gasteiger partial charge on any atom is 0.280 e. The van der Waals surface area contributed by atoms with Crippen molar-refractivity contribution in [2.24, 2.45) is 12.0 Å². The molecule has 150 valence electrons. The van der Waals surface area contributed by atoms with Crippen LogP contribution in [-0.4, -0.2) is 17.6 Å². The van der Waals surface area contributed by atoms with E-state index < -0.39 is 0 Å². The zero-order valence-electron chi connectivity index (χ0n) is 17.1. The first-order valence-electron chi connectivity index (χ1n) is 9.63. The Labute approximate surface area is 179 Å². The van der Waals surface area contributed by atoms with E-state index in [1.54, 1.807) is 7.11 Å². The van der Waals surface area contributed by atoms with Crippen molar-refractivity contribution in [3.8, 4) is 28.1 Å². The monoisotopic (exact) mass is 414 g/mol. The van der Waals surface area contributed by atoms with Crippen molar-refractivity contribution in [2.45, 2.75) is 6.92 Å². The lowest BCUT2D eigenvalue weighted by molar-refractivity contribution is 0.0998. The van der Waals surface area contributed by atoms with Gasteiger partial charge in [-0.15, -0.1) is 11.3 Å². The fraction of sp³-hybridized carbons (Fsp3) is 0.120. The van der Waals surface area contributed by atoms with E-state index in [9.17, 15) is 4.79 Å². The Kier molecular flexibility index (Phi) is 5.63. The summed E-state index contributed by atoms with van der Waals surface area (Å²) in [7, 11) is 3.60. The normalized spacial score (nSPS) is 11.5. The molecule has 4 aromatic rings. The van der Waals surface area contributed by atoms with Crippen molar-refractivity contribution >= 4 is 17.2 Å². The van der Waals surface area contributed by atoms with E-state index in [1.807, 2.05) is 97.4 Å². The zero-order chi connectivity index (χ0) is 21.1. The Morgan fingerprint density at radius 2 is 1.57 bits per heavy atom. The number of carbonyl (C=O) groups is 1. The van der Waals surface area contributed by atoms with E-state index in [-0.39, 0.29) is 5.91 Å². The van der Waals surface area contributed by atoms with Crippen LogP contribution in [0.3, 0.4) is 0 Å². The average molecular weight is 415 g/mol. The number of hydrogen-bond donors (Lipinski definition) is 0. The lowest BCUT2D eigenvalue weighted by atomic mass is 9.99. The fourth-order valence-electron chi connectivity index (χ4n) is 3.52. The predicted octanol–water partition coefficient (Wildman–Crippen LogP) is 5.48. The highest BCUT2D eigenvalue weighted by molar-refractivity contribution is 7.09. The number of methoxy groups -OCH3 is 1. The summed E-state index contributed by atoms with van der Waals surface area (Å²) >= 11 is 1.51. The molecular formula is C25H22N2O2S. The topological polar surface area (TPSA) is 43.6 Å². The van der Waals surface area contributed by atoms with Gasteiger partial charge in [-0.3, -0.25) is 4.79 Å². The van der Waals surface area contributed by atoms with E-state index in [4.69, 9.17) is 4.74 Å². The van der Waals surface area contributed by atoms with Gasteiger partial charge in [-0.05, 0) is 53.9 Å². The maximum absolute atomic E-state index is 13.1. The zero-order valence-corrected chi connectivity index (χ0v) is 17.9. The van der Waals surface area contributed by atoms with Crippen LogP contribution in [0.2, 0.25) is 0 Å². The minimum Gasteiger partial charge on any atom is -0.497 e. The van der Waals surface area contributed by atoms with E-state index >= 15 is 0 Å². The van der Waals surface area contributed by atoms with E-state index in [0.717, 1.165) is 33.0 Å². The molecule has 0 aliphatic carbocycles. The van der Waals surface area contributed by atoms with Gasteiger partial charge < -0.3 is 9.30 Å². The third-order valence-corrected chi connectivity index (χ3v) is 6.05. The quantitative estimate of drug-likeness (QED) is 0.444. The van der Waals surface area contributed by atoms with Gasteiger partial charge >= 0.3 is 0 Å². The van der Waals surface area contributed by atoms with Gasteiger partial charge in [0.1, 0.15) is 5.75 Å². The van der Waals surface area contributed by atoms with Crippen LogP contribution in [-0.2, 0) is 7.05 Å². The number of aromatic nitrogens is 1. The number of benzene rings is 3. The van der Waals surface area contributed by atoms with Crippen LogP contribution in [0, 0.1) is 6.92 Å². The van der Waals surface area contributed by atoms with E-state index in [1.165, 1.54) is 11.3 Å². The lowest BCUT2D eigenvalue weighted by Gasteiger charge is -2.07. The van der Waals surface area contributed by atoms with Crippen molar-refractivity contribution < 1.29 is 9.53 Å². The highest BCUT2D eigenvalue weighted by Crippen LogP contribution is 2.27. The number of hydrogen-bond acceptors (Lipinski definition) is 3. The Balaban J connectivity index is 1.76. The molecule has 0 bridgehead atoms. The molecule has 4 nitrogen and oxygen atoms in total. The first-order valence-corrected chi connectivity index (χ1v) is 10.4. The number of aryl methyl sites for hydroxylation is 1. The molecule has 0 unspecified atom stereocenters. The van der Waals surface area contributed by atoms with Crippen molar-refractivity contribution in [1.82, 2.24) is 4.57 Å². The standard InChI is InChI=1S/C25H22N2O2S/c1-17-23(19-13-15-20(29-3)16-14-19)27(2)25(30-17)26-24(28)22-12-8-7-11-21(22)18-9-5-4-6-10-18/h4-16H,1-3H3. The third-order valence-electron chi connectivity index (χ3n) is 5.00. The summed E-state index contributed by atoms with van der Waals surface area (Å²) in [4.78, 5) is 19.4. The predicted molar refractivity (Wildman–Crippen MR) is 122 cm³/mol. The molecule has 3 aromatic carbocycles. The van der Waals surface area contributed by atoms with Crippen molar-refractivity contribution in [3.05, 3.63) is 94.1 Å². The SMILES string of the molecule is COc1ccc(-c2c(C)sc(=NC(=O)c3ccccc3-c3ccccc3)n2C)cc1. The molecule has 0 fully saturated rings. The highest BCUT2D eigenvalue weighted by Gasteiger charge is 2.14. The van der Waals surface area contributed by atoms with E-state index in [0.29, 0.717) is 10.4 Å². The molecule has 0 aliphatic heterocycles. The van der Waals surface area contributed by atoms with Crippen LogP contribution < -0.4 is 9.54 Å². The Bertz CT molecular complexity index is 1250. The number of rotatable bonds is 4. The molecule has 0 N–H and O–H groups in total. The summed E-state index contributed by atoms with van der Waals surface area (Å²) in [6.07, 6.45) is 0. The van der Waals surface area contributed by atoms with E-state index in [2.05, 4.69) is 4.99 Å². The molecule has 1 amide bonds. The third kappa shape index (κ3) is 3.84. The first kappa shape index (κ1) is 19.9. The summed E-state index contributed by atoms with van der Waals surface area (Å²) in [5.41, 5.74) is 4.59. The summed E-state index contributed by atoms with van der Waals surface area (Å²) < 4.78 is 7.23. The number of carbonyl (C=O) groups excluding carboxylic acids is 1. The van der Waals surface area contributed by atoms with Gasteiger partial charge in [0.25, 0.3) is 5.91 Å². The molecule has 0 spiro atoms. The van der Waals surface area contributed by atoms with Gasteiger partial charge in [0, 0.05) is 17.5 Å². The number of thiazole rings is 1. The second-order valence-corrected chi connectivity index (χ2v) is 8.09. The maximum atomic E-state index is 13.1. The van der Waals surface area contributed by atoms with Crippen LogP contribution in [0.25, 0.3) is 22.4 Å². The second-order valence-electron chi connectivity index (χ2n) is 6.91. The minimum absolute atomic E-state index is 0.243. The van der Waals surface area contributed by atoms with Crippen LogP contribution in [0.1, 0.15) is 15.2 Å². The fourth-order valence-corrected chi connectivity index (χ4v) is 4.50. The van der Waals surface area contributed by atoms with Gasteiger partial charge in [0.05, 0.1) is 12.8 Å². The summed E-state index contributed by atoms with van der Waals surface area (Å²) in [6, 6.07) is 25.4. The molecule has 4 rings (SSSR count). The van der Waals surface area contributed by atoms with Crippen LogP contribution in [0.15, 0.2) is 83.9 Å². The van der Waals surface area contributed by atoms with Gasteiger partial charge in [-0.2, -0.15) is 4.99 Å². The Morgan fingerprint density at radius 1 is 0.900 bits per heavy atom. The molecule has 30 heavy (non-hydrogen) atoms. The molecule has 0 aliphatic rings. The molecule has 0 atom stereocenters. The molecular weight excluding hydrogens is 392 g/mol. The van der Waals surface area contributed by atoms with Gasteiger partial charge in [0.2, 0.25) is 0 Å². The van der Waals surface area contributed by atoms with Gasteiger partial charge in [0.15, 0.2) is 4.80 Å². The van der Waals surface area contributed by atoms with Crippen LogP contribution in [0.5, 0.6) is 5.75 Å². The van der Waals surface area contributed by atoms with Crippen molar-refractivity contribution in [3.63, 3.8) is 0 Å².